The standard InChI is InChI=1S/C30H28N4O6S/c1-19-15-27(34-40-19)33-28(35)18-41-24-12-9-22(10-13-24)31-30(37)25(32-29(36)20-7-5-4-6-8-20)17-21-16-23(38-2)11-14-26(21)39-3/h4-17H,18H2,1-3H3,(H,31,37)(H,32,36)(H,33,34,35)/b25-17-. The highest BCUT2D eigenvalue weighted by Crippen LogP contribution is 2.27. The Morgan fingerprint density at radius 1 is 0.927 bits per heavy atom. The Labute approximate surface area is 241 Å². The molecule has 1 heterocycles. The van der Waals surface area contributed by atoms with Crippen molar-refractivity contribution in [3.63, 3.8) is 0 Å². The second-order valence-corrected chi connectivity index (χ2v) is 9.67. The summed E-state index contributed by atoms with van der Waals surface area (Å²) in [6.45, 7) is 1.74. The molecule has 1 aromatic heterocycles. The van der Waals surface area contributed by atoms with Gasteiger partial charge in [-0.05, 0) is 67.6 Å². The SMILES string of the molecule is COc1ccc(OC)c(/C=C(\NC(=O)c2ccccc2)C(=O)Nc2ccc(SCC(=O)Nc3cc(C)on3)cc2)c1. The van der Waals surface area contributed by atoms with E-state index in [9.17, 15) is 14.4 Å². The van der Waals surface area contributed by atoms with Crippen LogP contribution in [0.4, 0.5) is 11.5 Å². The zero-order chi connectivity index (χ0) is 29.2. The van der Waals surface area contributed by atoms with Crippen LogP contribution in [0.3, 0.4) is 0 Å². The van der Waals surface area contributed by atoms with E-state index in [1.165, 1.54) is 32.1 Å². The summed E-state index contributed by atoms with van der Waals surface area (Å²) in [5.74, 6) is 0.974. The molecule has 3 N–H and O–H groups in total. The Balaban J connectivity index is 1.47. The van der Waals surface area contributed by atoms with Gasteiger partial charge in [0.25, 0.3) is 11.8 Å². The maximum Gasteiger partial charge on any atom is 0.272 e. The lowest BCUT2D eigenvalue weighted by Gasteiger charge is -2.13. The number of hydrogen-bond acceptors (Lipinski definition) is 8. The summed E-state index contributed by atoms with van der Waals surface area (Å²) in [4.78, 5) is 39.3. The molecule has 4 rings (SSSR count). The van der Waals surface area contributed by atoms with Gasteiger partial charge in [0, 0.05) is 27.8 Å². The van der Waals surface area contributed by atoms with Gasteiger partial charge in [-0.25, -0.2) is 0 Å². The van der Waals surface area contributed by atoms with Crippen molar-refractivity contribution in [3.8, 4) is 11.5 Å². The lowest BCUT2D eigenvalue weighted by Crippen LogP contribution is -2.30. The van der Waals surface area contributed by atoms with Gasteiger partial charge >= 0.3 is 0 Å². The third kappa shape index (κ3) is 8.23. The number of amides is 3. The van der Waals surface area contributed by atoms with Gasteiger partial charge in [0.15, 0.2) is 5.82 Å². The zero-order valence-corrected chi connectivity index (χ0v) is 23.4. The predicted molar refractivity (Wildman–Crippen MR) is 157 cm³/mol. The number of anilines is 2. The normalized spacial score (nSPS) is 11.0. The van der Waals surface area contributed by atoms with Gasteiger partial charge < -0.3 is 29.9 Å². The number of methoxy groups -OCH3 is 2. The number of thioether (sulfide) groups is 1. The Hall–Kier alpha value is -5.03. The largest absolute Gasteiger partial charge is 0.497 e. The van der Waals surface area contributed by atoms with Crippen molar-refractivity contribution in [2.75, 3.05) is 30.6 Å². The highest BCUT2D eigenvalue weighted by molar-refractivity contribution is 8.00. The van der Waals surface area contributed by atoms with Crippen LogP contribution in [0.15, 0.2) is 94.0 Å². The van der Waals surface area contributed by atoms with Crippen molar-refractivity contribution < 1.29 is 28.4 Å². The maximum absolute atomic E-state index is 13.4. The first-order valence-electron chi connectivity index (χ1n) is 12.4. The highest BCUT2D eigenvalue weighted by Gasteiger charge is 2.17. The van der Waals surface area contributed by atoms with E-state index in [0.29, 0.717) is 39.9 Å². The molecule has 0 unspecified atom stereocenters. The number of aromatic nitrogens is 1. The molecule has 0 fully saturated rings. The molecule has 41 heavy (non-hydrogen) atoms. The quantitative estimate of drug-likeness (QED) is 0.166. The lowest BCUT2D eigenvalue weighted by atomic mass is 10.1. The van der Waals surface area contributed by atoms with Crippen LogP contribution >= 0.6 is 11.8 Å². The number of benzene rings is 3. The van der Waals surface area contributed by atoms with Gasteiger partial charge in [-0.1, -0.05) is 23.4 Å². The van der Waals surface area contributed by atoms with E-state index in [2.05, 4.69) is 21.1 Å². The number of hydrogen-bond donors (Lipinski definition) is 3. The molecule has 0 aliphatic carbocycles. The summed E-state index contributed by atoms with van der Waals surface area (Å²) < 4.78 is 15.7. The molecule has 0 bridgehead atoms. The fourth-order valence-electron chi connectivity index (χ4n) is 3.64. The Morgan fingerprint density at radius 3 is 2.34 bits per heavy atom. The van der Waals surface area contributed by atoms with Crippen LogP contribution in [0.5, 0.6) is 11.5 Å². The topological polar surface area (TPSA) is 132 Å². The summed E-state index contributed by atoms with van der Waals surface area (Å²) in [5.41, 5.74) is 1.44. The average Bonchev–Trinajstić information content (AvgIpc) is 3.40. The summed E-state index contributed by atoms with van der Waals surface area (Å²) in [6, 6.07) is 22.3. The molecule has 210 valence electrons. The molecule has 11 heteroatoms. The summed E-state index contributed by atoms with van der Waals surface area (Å²) in [7, 11) is 3.05. The monoisotopic (exact) mass is 572 g/mol. The van der Waals surface area contributed by atoms with Gasteiger partial charge in [0.2, 0.25) is 5.91 Å². The van der Waals surface area contributed by atoms with E-state index in [1.54, 1.807) is 85.8 Å². The van der Waals surface area contributed by atoms with E-state index < -0.39 is 11.8 Å². The first kappa shape index (κ1) is 29.0. The minimum atomic E-state index is -0.540. The molecule has 0 saturated heterocycles. The van der Waals surface area contributed by atoms with Gasteiger partial charge in [0.05, 0.1) is 20.0 Å². The van der Waals surface area contributed by atoms with Crippen LogP contribution < -0.4 is 25.4 Å². The number of carbonyl (C=O) groups excluding carboxylic acids is 3. The van der Waals surface area contributed by atoms with E-state index >= 15 is 0 Å². The van der Waals surface area contributed by atoms with Gasteiger partial charge in [-0.2, -0.15) is 0 Å². The first-order chi connectivity index (χ1) is 19.8. The summed E-state index contributed by atoms with van der Waals surface area (Å²) >= 11 is 1.33. The van der Waals surface area contributed by atoms with Crippen molar-refractivity contribution in [1.82, 2.24) is 10.5 Å². The maximum atomic E-state index is 13.4. The number of nitrogens with zero attached hydrogens (tertiary/aromatic N) is 1. The molecule has 0 saturated carbocycles. The van der Waals surface area contributed by atoms with Gasteiger partial charge in [-0.3, -0.25) is 14.4 Å². The Morgan fingerprint density at radius 2 is 1.68 bits per heavy atom. The number of aryl methyl sites for hydroxylation is 1. The molecule has 0 spiro atoms. The molecule has 10 nitrogen and oxygen atoms in total. The smallest absolute Gasteiger partial charge is 0.272 e. The molecule has 0 atom stereocenters. The molecule has 0 aliphatic rings. The molecular weight excluding hydrogens is 544 g/mol. The second kappa shape index (κ2) is 13.9. The second-order valence-electron chi connectivity index (χ2n) is 8.62. The van der Waals surface area contributed by atoms with Crippen molar-refractivity contribution in [3.05, 3.63) is 101 Å². The van der Waals surface area contributed by atoms with Crippen molar-refractivity contribution in [2.45, 2.75) is 11.8 Å². The first-order valence-corrected chi connectivity index (χ1v) is 13.4. The van der Waals surface area contributed by atoms with Crippen molar-refractivity contribution in [2.24, 2.45) is 0 Å². The average molecular weight is 573 g/mol. The minimum Gasteiger partial charge on any atom is -0.497 e. The fraction of sp³-hybridized carbons (Fsp3) is 0.133. The fourth-order valence-corrected chi connectivity index (χ4v) is 4.33. The van der Waals surface area contributed by atoms with Crippen molar-refractivity contribution in [1.29, 1.82) is 0 Å². The Kier molecular flexibility index (Phi) is 9.79. The number of rotatable bonds is 11. The zero-order valence-electron chi connectivity index (χ0n) is 22.6. The van der Waals surface area contributed by atoms with Crippen LogP contribution in [0.2, 0.25) is 0 Å². The van der Waals surface area contributed by atoms with E-state index in [4.69, 9.17) is 14.0 Å². The molecule has 0 aliphatic heterocycles. The predicted octanol–water partition coefficient (Wildman–Crippen LogP) is 5.14. The highest BCUT2D eigenvalue weighted by atomic mass is 32.2. The van der Waals surface area contributed by atoms with E-state index in [-0.39, 0.29) is 17.4 Å². The lowest BCUT2D eigenvalue weighted by molar-refractivity contribution is -0.114. The van der Waals surface area contributed by atoms with Crippen LogP contribution in [0, 0.1) is 6.92 Å². The number of carbonyl (C=O) groups is 3. The summed E-state index contributed by atoms with van der Waals surface area (Å²) in [6.07, 6.45) is 1.52. The molecule has 3 amide bonds. The minimum absolute atomic E-state index is 0.00335. The summed E-state index contributed by atoms with van der Waals surface area (Å²) in [5, 5.41) is 11.9. The van der Waals surface area contributed by atoms with E-state index in [1.807, 2.05) is 0 Å². The molecule has 4 aromatic rings. The van der Waals surface area contributed by atoms with Crippen LogP contribution in [-0.2, 0) is 9.59 Å². The van der Waals surface area contributed by atoms with E-state index in [0.717, 1.165) is 4.90 Å². The van der Waals surface area contributed by atoms with Gasteiger partial charge in [-0.15, -0.1) is 11.8 Å². The van der Waals surface area contributed by atoms with Crippen LogP contribution in [0.1, 0.15) is 21.7 Å². The molecule has 3 aromatic carbocycles. The van der Waals surface area contributed by atoms with Crippen molar-refractivity contribution >= 4 is 47.1 Å². The number of ether oxygens (including phenoxy) is 2. The third-order valence-electron chi connectivity index (χ3n) is 5.64. The molecular formula is C30H28N4O6S. The Bertz CT molecular complexity index is 1550. The van der Waals surface area contributed by atoms with Crippen LogP contribution in [0.25, 0.3) is 6.08 Å². The number of nitrogens with one attached hydrogen (secondary N) is 3. The third-order valence-corrected chi connectivity index (χ3v) is 6.66. The van der Waals surface area contributed by atoms with Gasteiger partial charge in [0.1, 0.15) is 23.0 Å². The van der Waals surface area contributed by atoms with Crippen LogP contribution in [-0.4, -0.2) is 42.9 Å². The molecule has 0 radical (unpaired) electrons.